The average Bonchev–Trinajstić information content (AvgIpc) is 2.55. The number of fused-ring (bicyclic) bond motifs is 3. The first-order valence-electron chi connectivity index (χ1n) is 5.53. The molecule has 2 aromatic rings. The number of aromatic nitrogens is 1. The molecule has 1 aromatic carbocycles. The van der Waals surface area contributed by atoms with Gasteiger partial charge in [0.2, 0.25) is 0 Å². The highest BCUT2D eigenvalue weighted by Gasteiger charge is 2.07. The predicted molar refractivity (Wildman–Crippen MR) is 65.1 cm³/mol. The van der Waals surface area contributed by atoms with Gasteiger partial charge in [-0.1, -0.05) is 24.3 Å². The summed E-state index contributed by atoms with van der Waals surface area (Å²) in [4.78, 5) is 0. The summed E-state index contributed by atoms with van der Waals surface area (Å²) in [5.41, 5.74) is 2.74. The van der Waals surface area contributed by atoms with Crippen molar-refractivity contribution in [3.8, 4) is 0 Å². The van der Waals surface area contributed by atoms with Gasteiger partial charge in [0.1, 0.15) is 0 Å². The molecule has 76 valence electrons. The smallest absolute Gasteiger partial charge is 0.0491 e. The Morgan fingerprint density at radius 2 is 1.93 bits per heavy atom. The lowest BCUT2D eigenvalue weighted by molar-refractivity contribution is 0.910. The topological polar surface area (TPSA) is 4.93 Å². The second kappa shape index (κ2) is 2.99. The number of aryl methyl sites for hydroxylation is 2. The quantitative estimate of drug-likeness (QED) is 0.607. The molecule has 0 bridgehead atoms. The molecule has 0 saturated carbocycles. The molecule has 1 aliphatic rings. The normalized spacial score (nSPS) is 14.5. The van der Waals surface area contributed by atoms with E-state index in [2.05, 4.69) is 48.9 Å². The maximum absolute atomic E-state index is 2.38. The highest BCUT2D eigenvalue weighted by Crippen LogP contribution is 2.14. The molecule has 1 heterocycles. The molecule has 0 spiro atoms. The van der Waals surface area contributed by atoms with Crippen LogP contribution in [0.25, 0.3) is 23.1 Å². The molecule has 0 radical (unpaired) electrons. The molecular formula is C14H15N. The number of hydrogen-bond donors (Lipinski definition) is 0. The highest BCUT2D eigenvalue weighted by atomic mass is 14.9. The van der Waals surface area contributed by atoms with Crippen molar-refractivity contribution in [2.45, 2.75) is 19.8 Å². The number of benzene rings is 1. The van der Waals surface area contributed by atoms with E-state index in [1.165, 1.54) is 39.9 Å². The fraction of sp³-hybridized carbons (Fsp3) is 0.286. The van der Waals surface area contributed by atoms with Crippen molar-refractivity contribution in [2.24, 2.45) is 7.05 Å². The van der Waals surface area contributed by atoms with Gasteiger partial charge in [-0.2, -0.15) is 0 Å². The maximum atomic E-state index is 2.38. The predicted octanol–water partition coefficient (Wildman–Crippen LogP) is 1.84. The SMILES string of the molecule is Cc1cccc2c1c1c(n2C)=CCCC=1. The van der Waals surface area contributed by atoms with E-state index in [4.69, 9.17) is 0 Å². The van der Waals surface area contributed by atoms with Crippen molar-refractivity contribution in [1.29, 1.82) is 0 Å². The molecule has 1 heteroatoms. The van der Waals surface area contributed by atoms with Crippen LogP contribution in [0.2, 0.25) is 0 Å². The number of nitrogens with zero attached hydrogens (tertiary/aromatic N) is 1. The minimum Gasteiger partial charge on any atom is -0.344 e. The van der Waals surface area contributed by atoms with Gasteiger partial charge in [0.25, 0.3) is 0 Å². The monoisotopic (exact) mass is 197 g/mol. The first-order chi connectivity index (χ1) is 7.29. The molecule has 0 fully saturated rings. The van der Waals surface area contributed by atoms with Crippen LogP contribution < -0.4 is 10.6 Å². The first kappa shape index (κ1) is 8.78. The zero-order chi connectivity index (χ0) is 10.4. The van der Waals surface area contributed by atoms with Crippen LogP contribution in [0.3, 0.4) is 0 Å². The van der Waals surface area contributed by atoms with Crippen molar-refractivity contribution in [3.05, 3.63) is 34.3 Å². The summed E-state index contributed by atoms with van der Waals surface area (Å²) in [5, 5.41) is 4.27. The van der Waals surface area contributed by atoms with E-state index in [1.807, 2.05) is 0 Å². The Morgan fingerprint density at radius 1 is 1.13 bits per heavy atom. The van der Waals surface area contributed by atoms with Crippen LogP contribution >= 0.6 is 0 Å². The molecule has 0 aliphatic heterocycles. The lowest BCUT2D eigenvalue weighted by Crippen LogP contribution is -2.29. The third-order valence-electron chi connectivity index (χ3n) is 3.37. The summed E-state index contributed by atoms with van der Waals surface area (Å²) in [6.07, 6.45) is 7.09. The van der Waals surface area contributed by atoms with Crippen molar-refractivity contribution in [2.75, 3.05) is 0 Å². The molecule has 0 unspecified atom stereocenters. The van der Waals surface area contributed by atoms with Gasteiger partial charge < -0.3 is 4.57 Å². The Hall–Kier alpha value is -1.50. The van der Waals surface area contributed by atoms with Gasteiger partial charge in [-0.25, -0.2) is 0 Å². The molecule has 0 atom stereocenters. The molecule has 3 rings (SSSR count). The van der Waals surface area contributed by atoms with Gasteiger partial charge >= 0.3 is 0 Å². The van der Waals surface area contributed by atoms with E-state index in [0.717, 1.165) is 0 Å². The summed E-state index contributed by atoms with van der Waals surface area (Å²) in [6.45, 7) is 2.20. The summed E-state index contributed by atoms with van der Waals surface area (Å²) < 4.78 is 2.31. The molecular weight excluding hydrogens is 182 g/mol. The fourth-order valence-corrected chi connectivity index (χ4v) is 2.62. The molecule has 0 amide bonds. The van der Waals surface area contributed by atoms with Crippen LogP contribution in [0.4, 0.5) is 0 Å². The van der Waals surface area contributed by atoms with Crippen molar-refractivity contribution in [1.82, 2.24) is 4.57 Å². The Bertz CT molecular complexity index is 644. The number of hydrogen-bond acceptors (Lipinski definition) is 0. The Balaban J connectivity index is 2.69. The summed E-state index contributed by atoms with van der Waals surface area (Å²) in [7, 11) is 2.16. The fourth-order valence-electron chi connectivity index (χ4n) is 2.62. The van der Waals surface area contributed by atoms with Gasteiger partial charge in [-0.3, -0.25) is 0 Å². The van der Waals surface area contributed by atoms with Gasteiger partial charge in [-0.15, -0.1) is 0 Å². The molecule has 1 nitrogen and oxygen atoms in total. The highest BCUT2D eigenvalue weighted by molar-refractivity contribution is 5.85. The third kappa shape index (κ3) is 1.09. The third-order valence-corrected chi connectivity index (χ3v) is 3.37. The second-order valence-corrected chi connectivity index (χ2v) is 4.31. The van der Waals surface area contributed by atoms with Crippen LogP contribution in [-0.2, 0) is 7.05 Å². The van der Waals surface area contributed by atoms with E-state index in [0.29, 0.717) is 0 Å². The van der Waals surface area contributed by atoms with Crippen molar-refractivity contribution in [3.63, 3.8) is 0 Å². The average molecular weight is 197 g/mol. The lowest BCUT2D eigenvalue weighted by Gasteiger charge is -1.97. The first-order valence-corrected chi connectivity index (χ1v) is 5.53. The van der Waals surface area contributed by atoms with Gasteiger partial charge in [0.05, 0.1) is 0 Å². The molecule has 1 aliphatic carbocycles. The maximum Gasteiger partial charge on any atom is 0.0491 e. The van der Waals surface area contributed by atoms with E-state index in [9.17, 15) is 0 Å². The van der Waals surface area contributed by atoms with Crippen LogP contribution in [0.15, 0.2) is 18.2 Å². The largest absolute Gasteiger partial charge is 0.344 e. The van der Waals surface area contributed by atoms with Crippen LogP contribution in [0.5, 0.6) is 0 Å². The summed E-state index contributed by atoms with van der Waals surface area (Å²) >= 11 is 0. The standard InChI is InChI=1S/C14H15N/c1-10-6-5-9-13-14(10)11-7-3-4-8-12(11)15(13)2/h5-9H,3-4H2,1-2H3. The van der Waals surface area contributed by atoms with E-state index in [-0.39, 0.29) is 0 Å². The van der Waals surface area contributed by atoms with Crippen LogP contribution in [-0.4, -0.2) is 4.57 Å². The van der Waals surface area contributed by atoms with E-state index >= 15 is 0 Å². The summed E-state index contributed by atoms with van der Waals surface area (Å²) in [6, 6.07) is 6.55. The second-order valence-electron chi connectivity index (χ2n) is 4.31. The van der Waals surface area contributed by atoms with E-state index < -0.39 is 0 Å². The Morgan fingerprint density at radius 3 is 2.80 bits per heavy atom. The number of rotatable bonds is 0. The van der Waals surface area contributed by atoms with Crippen LogP contribution in [0.1, 0.15) is 18.4 Å². The van der Waals surface area contributed by atoms with E-state index in [1.54, 1.807) is 0 Å². The zero-order valence-corrected chi connectivity index (χ0v) is 9.25. The molecule has 15 heavy (non-hydrogen) atoms. The minimum absolute atomic E-state index is 1.18. The minimum atomic E-state index is 1.18. The summed E-state index contributed by atoms with van der Waals surface area (Å²) in [5.74, 6) is 0. The van der Waals surface area contributed by atoms with Crippen LogP contribution in [0, 0.1) is 6.92 Å². The van der Waals surface area contributed by atoms with Crippen molar-refractivity contribution >= 4 is 23.1 Å². The molecule has 0 saturated heterocycles. The zero-order valence-electron chi connectivity index (χ0n) is 9.25. The van der Waals surface area contributed by atoms with Gasteiger partial charge in [0, 0.05) is 28.5 Å². The van der Waals surface area contributed by atoms with Gasteiger partial charge in [-0.05, 0) is 31.4 Å². The lowest BCUT2D eigenvalue weighted by atomic mass is 10.1. The molecule has 0 N–H and O–H groups in total. The Labute approximate surface area is 89.3 Å². The molecule has 1 aromatic heterocycles. The van der Waals surface area contributed by atoms with Gasteiger partial charge in [0.15, 0.2) is 0 Å². The Kier molecular flexibility index (Phi) is 1.75. The van der Waals surface area contributed by atoms with Crippen molar-refractivity contribution < 1.29 is 0 Å².